The van der Waals surface area contributed by atoms with Crippen molar-refractivity contribution in [2.24, 2.45) is 0 Å². The highest BCUT2D eigenvalue weighted by Gasteiger charge is 2.18. The third-order valence-electron chi connectivity index (χ3n) is 2.92. The lowest BCUT2D eigenvalue weighted by atomic mass is 10.1. The summed E-state index contributed by atoms with van der Waals surface area (Å²) in [7, 11) is 1.89. The zero-order chi connectivity index (χ0) is 14.6. The molecule has 1 amide bonds. The van der Waals surface area contributed by atoms with Gasteiger partial charge >= 0.3 is 0 Å². The first kappa shape index (κ1) is 15.6. The first-order valence-corrected chi connectivity index (χ1v) is 6.46. The Morgan fingerprint density at radius 2 is 1.84 bits per heavy atom. The molecule has 1 N–H and O–H groups in total. The van der Waals surface area contributed by atoms with Crippen molar-refractivity contribution in [3.05, 3.63) is 35.6 Å². The number of nitrogens with one attached hydrogen (secondary N) is 1. The van der Waals surface area contributed by atoms with Gasteiger partial charge in [0, 0.05) is 11.6 Å². The van der Waals surface area contributed by atoms with E-state index < -0.39 is 0 Å². The Hall–Kier alpha value is -1.42. The van der Waals surface area contributed by atoms with E-state index in [0.29, 0.717) is 6.54 Å². The van der Waals surface area contributed by atoms with Gasteiger partial charge in [-0.1, -0.05) is 12.1 Å². The summed E-state index contributed by atoms with van der Waals surface area (Å²) in [5.41, 5.74) is 0.768. The van der Waals surface area contributed by atoms with Crippen molar-refractivity contribution in [2.45, 2.75) is 39.3 Å². The van der Waals surface area contributed by atoms with Gasteiger partial charge in [-0.05, 0) is 52.4 Å². The maximum atomic E-state index is 12.9. The summed E-state index contributed by atoms with van der Waals surface area (Å²) in [5.74, 6) is -0.256. The van der Waals surface area contributed by atoms with E-state index in [4.69, 9.17) is 0 Å². The summed E-state index contributed by atoms with van der Waals surface area (Å²) in [4.78, 5) is 13.8. The number of carbonyl (C=O) groups excluding carboxylic acids is 1. The van der Waals surface area contributed by atoms with Gasteiger partial charge in [0.2, 0.25) is 5.91 Å². The van der Waals surface area contributed by atoms with E-state index in [1.807, 2.05) is 39.6 Å². The van der Waals surface area contributed by atoms with E-state index in [-0.39, 0.29) is 23.3 Å². The van der Waals surface area contributed by atoms with Gasteiger partial charge in [0.15, 0.2) is 0 Å². The van der Waals surface area contributed by atoms with Crippen molar-refractivity contribution >= 4 is 5.91 Å². The van der Waals surface area contributed by atoms with E-state index in [0.717, 1.165) is 5.56 Å². The summed E-state index contributed by atoms with van der Waals surface area (Å²) in [5, 5.41) is 2.92. The summed E-state index contributed by atoms with van der Waals surface area (Å²) >= 11 is 0. The average Bonchev–Trinajstić information content (AvgIpc) is 2.26. The molecule has 106 valence electrons. The second-order valence-corrected chi connectivity index (χ2v) is 5.94. The summed E-state index contributed by atoms with van der Waals surface area (Å²) in [6, 6.07) is 6.44. The van der Waals surface area contributed by atoms with Crippen molar-refractivity contribution in [3.63, 3.8) is 0 Å². The van der Waals surface area contributed by atoms with Crippen LogP contribution in [0.4, 0.5) is 4.39 Å². The Bertz CT molecular complexity index is 423. The van der Waals surface area contributed by atoms with Crippen LogP contribution in [-0.4, -0.2) is 29.9 Å². The number of nitrogens with zero attached hydrogens (tertiary/aromatic N) is 1. The van der Waals surface area contributed by atoms with Crippen LogP contribution in [0.1, 0.15) is 39.3 Å². The minimum Gasteiger partial charge on any atom is -0.350 e. The summed E-state index contributed by atoms with van der Waals surface area (Å²) in [6.45, 7) is 8.17. The minimum absolute atomic E-state index is 0.0102. The highest BCUT2D eigenvalue weighted by molar-refractivity contribution is 5.78. The number of rotatable bonds is 4. The zero-order valence-electron chi connectivity index (χ0n) is 12.3. The van der Waals surface area contributed by atoms with Gasteiger partial charge in [0.1, 0.15) is 5.82 Å². The maximum Gasteiger partial charge on any atom is 0.234 e. The lowest BCUT2D eigenvalue weighted by molar-refractivity contribution is -0.123. The van der Waals surface area contributed by atoms with Crippen LogP contribution >= 0.6 is 0 Å². The van der Waals surface area contributed by atoms with Gasteiger partial charge in [-0.25, -0.2) is 4.39 Å². The quantitative estimate of drug-likeness (QED) is 0.909. The molecule has 0 fully saturated rings. The van der Waals surface area contributed by atoms with Crippen LogP contribution in [0.25, 0.3) is 0 Å². The van der Waals surface area contributed by atoms with Gasteiger partial charge < -0.3 is 5.32 Å². The van der Waals surface area contributed by atoms with Crippen LogP contribution in [0.3, 0.4) is 0 Å². The maximum absolute atomic E-state index is 12.9. The molecule has 0 aromatic heterocycles. The van der Waals surface area contributed by atoms with E-state index in [1.165, 1.54) is 12.1 Å². The second kappa shape index (κ2) is 6.15. The van der Waals surface area contributed by atoms with Gasteiger partial charge in [-0.3, -0.25) is 9.69 Å². The van der Waals surface area contributed by atoms with Crippen LogP contribution in [0.15, 0.2) is 24.3 Å². The molecule has 0 aliphatic heterocycles. The Morgan fingerprint density at radius 3 is 2.32 bits per heavy atom. The van der Waals surface area contributed by atoms with Crippen molar-refractivity contribution in [1.29, 1.82) is 0 Å². The first-order valence-electron chi connectivity index (χ1n) is 6.46. The average molecular weight is 266 g/mol. The molecule has 0 aliphatic carbocycles. The molecule has 0 aliphatic rings. The largest absolute Gasteiger partial charge is 0.350 e. The van der Waals surface area contributed by atoms with Crippen LogP contribution in [0.5, 0.6) is 0 Å². The number of benzene rings is 1. The predicted molar refractivity (Wildman–Crippen MR) is 75.3 cm³/mol. The molecule has 1 atom stereocenters. The normalized spacial score (nSPS) is 13.4. The standard InChI is InChI=1S/C15H23FN2O/c1-11(12-6-8-13(16)9-7-12)18(5)10-14(19)17-15(2,3)4/h6-9,11H,10H2,1-5H3,(H,17,19). The molecule has 0 saturated heterocycles. The zero-order valence-corrected chi connectivity index (χ0v) is 12.3. The Balaban J connectivity index is 2.60. The number of amides is 1. The second-order valence-electron chi connectivity index (χ2n) is 5.94. The molecule has 0 heterocycles. The highest BCUT2D eigenvalue weighted by atomic mass is 19.1. The molecule has 3 nitrogen and oxygen atoms in total. The Morgan fingerprint density at radius 1 is 1.32 bits per heavy atom. The van der Waals surface area contributed by atoms with Crippen LogP contribution in [-0.2, 0) is 4.79 Å². The molecule has 1 aromatic rings. The molecule has 1 aromatic carbocycles. The van der Waals surface area contributed by atoms with Crippen LogP contribution < -0.4 is 5.32 Å². The molecule has 0 saturated carbocycles. The third kappa shape index (κ3) is 5.39. The van der Waals surface area contributed by atoms with Gasteiger partial charge in [-0.15, -0.1) is 0 Å². The fraction of sp³-hybridized carbons (Fsp3) is 0.533. The molecule has 1 unspecified atom stereocenters. The molecule has 0 bridgehead atoms. The molecular weight excluding hydrogens is 243 g/mol. The predicted octanol–water partition coefficient (Wildman–Crippen LogP) is 2.73. The first-order chi connectivity index (χ1) is 8.69. The molecule has 19 heavy (non-hydrogen) atoms. The van der Waals surface area contributed by atoms with Crippen LogP contribution in [0.2, 0.25) is 0 Å². The molecule has 0 spiro atoms. The highest BCUT2D eigenvalue weighted by Crippen LogP contribution is 2.18. The van der Waals surface area contributed by atoms with E-state index in [2.05, 4.69) is 5.32 Å². The van der Waals surface area contributed by atoms with Crippen molar-refractivity contribution in [2.75, 3.05) is 13.6 Å². The molecule has 0 radical (unpaired) electrons. The fourth-order valence-corrected chi connectivity index (χ4v) is 1.82. The molecule has 4 heteroatoms. The number of likely N-dealkylation sites (N-methyl/N-ethyl adjacent to an activating group) is 1. The number of carbonyl (C=O) groups is 1. The Labute approximate surface area is 114 Å². The van der Waals surface area contributed by atoms with E-state index >= 15 is 0 Å². The molecular formula is C15H23FN2O. The monoisotopic (exact) mass is 266 g/mol. The van der Waals surface area contributed by atoms with Gasteiger partial charge in [-0.2, -0.15) is 0 Å². The van der Waals surface area contributed by atoms with Gasteiger partial charge in [0.05, 0.1) is 6.54 Å². The topological polar surface area (TPSA) is 32.3 Å². The fourth-order valence-electron chi connectivity index (χ4n) is 1.82. The lowest BCUT2D eigenvalue weighted by Crippen LogP contribution is -2.45. The number of hydrogen-bond acceptors (Lipinski definition) is 2. The smallest absolute Gasteiger partial charge is 0.234 e. The van der Waals surface area contributed by atoms with E-state index in [1.54, 1.807) is 12.1 Å². The SMILES string of the molecule is CC(c1ccc(F)cc1)N(C)CC(=O)NC(C)(C)C. The minimum atomic E-state index is -0.246. The summed E-state index contributed by atoms with van der Waals surface area (Å²) in [6.07, 6.45) is 0. The number of hydrogen-bond donors (Lipinski definition) is 1. The lowest BCUT2D eigenvalue weighted by Gasteiger charge is -2.27. The Kier molecular flexibility index (Phi) is 5.06. The van der Waals surface area contributed by atoms with Crippen molar-refractivity contribution in [3.8, 4) is 0 Å². The van der Waals surface area contributed by atoms with E-state index in [9.17, 15) is 9.18 Å². The number of halogens is 1. The molecule has 1 rings (SSSR count). The van der Waals surface area contributed by atoms with Gasteiger partial charge in [0.25, 0.3) is 0 Å². The van der Waals surface area contributed by atoms with Crippen molar-refractivity contribution in [1.82, 2.24) is 10.2 Å². The van der Waals surface area contributed by atoms with Crippen molar-refractivity contribution < 1.29 is 9.18 Å². The van der Waals surface area contributed by atoms with Crippen LogP contribution in [0, 0.1) is 5.82 Å². The summed E-state index contributed by atoms with van der Waals surface area (Å²) < 4.78 is 12.9. The third-order valence-corrected chi connectivity index (χ3v) is 2.92.